The summed E-state index contributed by atoms with van der Waals surface area (Å²) in [5.74, 6) is 0.373. The third-order valence-corrected chi connectivity index (χ3v) is 4.44. The first-order valence-corrected chi connectivity index (χ1v) is 6.79. The molecule has 0 saturated heterocycles. The number of hydrogen-bond acceptors (Lipinski definition) is 5. The number of nitrogens with one attached hydrogen (secondary N) is 1. The molecule has 1 aliphatic carbocycles. The maximum atomic E-state index is 12.1. The van der Waals surface area contributed by atoms with Crippen molar-refractivity contribution in [1.82, 2.24) is 9.88 Å². The summed E-state index contributed by atoms with van der Waals surface area (Å²) >= 11 is 0. The average Bonchev–Trinajstić information content (AvgIpc) is 3.02. The Hall–Kier alpha value is -1.39. The first-order chi connectivity index (χ1) is 7.95. The normalized spacial score (nSPS) is 17.7. The Bertz CT molecular complexity index is 547. The van der Waals surface area contributed by atoms with E-state index in [1.54, 1.807) is 6.92 Å². The summed E-state index contributed by atoms with van der Waals surface area (Å²) in [6, 6.07) is 1.32. The minimum atomic E-state index is -3.72. The van der Waals surface area contributed by atoms with Crippen LogP contribution < -0.4 is 4.72 Å². The largest absolute Gasteiger partial charge is 0.360 e. The number of rotatable bonds is 4. The van der Waals surface area contributed by atoms with E-state index in [0.29, 0.717) is 5.69 Å². The van der Waals surface area contributed by atoms with Gasteiger partial charge in [0, 0.05) is 0 Å². The number of sulfonamides is 1. The van der Waals surface area contributed by atoms with E-state index in [0.717, 1.165) is 12.8 Å². The van der Waals surface area contributed by atoms with Gasteiger partial charge in [-0.3, -0.25) is 0 Å². The van der Waals surface area contributed by atoms with E-state index in [1.807, 2.05) is 6.07 Å². The Morgan fingerprint density at radius 3 is 2.59 bits per heavy atom. The fourth-order valence-corrected chi connectivity index (χ4v) is 3.28. The Balaban J connectivity index is 2.28. The summed E-state index contributed by atoms with van der Waals surface area (Å²) in [6.45, 7) is 3.09. The molecule has 1 atom stereocenters. The first kappa shape index (κ1) is 12.1. The van der Waals surface area contributed by atoms with Crippen LogP contribution in [0.15, 0.2) is 9.42 Å². The Morgan fingerprint density at radius 2 is 2.18 bits per heavy atom. The van der Waals surface area contributed by atoms with Gasteiger partial charge in [-0.15, -0.1) is 0 Å². The van der Waals surface area contributed by atoms with E-state index < -0.39 is 16.1 Å². The van der Waals surface area contributed by atoms with Crippen LogP contribution in [-0.2, 0) is 10.0 Å². The smallest absolute Gasteiger partial charge is 0.247 e. The lowest BCUT2D eigenvalue weighted by Crippen LogP contribution is -2.35. The highest BCUT2D eigenvalue weighted by atomic mass is 32.2. The topological polar surface area (TPSA) is 96.0 Å². The molecule has 1 unspecified atom stereocenters. The average molecular weight is 255 g/mol. The van der Waals surface area contributed by atoms with E-state index in [4.69, 9.17) is 9.78 Å². The standard InChI is InChI=1S/C10H13N3O3S/c1-6-10(7(2)16-12-6)17(14,15)13-9(5-11)8-3-4-8/h8-9,13H,3-4H2,1-2H3. The van der Waals surface area contributed by atoms with E-state index in [-0.39, 0.29) is 16.6 Å². The van der Waals surface area contributed by atoms with Gasteiger partial charge in [-0.1, -0.05) is 5.16 Å². The Labute approximate surface area is 99.6 Å². The summed E-state index contributed by atoms with van der Waals surface area (Å²) in [4.78, 5) is 0.0402. The van der Waals surface area contributed by atoms with Crippen molar-refractivity contribution >= 4 is 10.0 Å². The van der Waals surface area contributed by atoms with Crippen molar-refractivity contribution < 1.29 is 12.9 Å². The lowest BCUT2D eigenvalue weighted by atomic mass is 10.2. The van der Waals surface area contributed by atoms with E-state index in [2.05, 4.69) is 9.88 Å². The third kappa shape index (κ3) is 2.33. The molecule has 1 aromatic heterocycles. The first-order valence-electron chi connectivity index (χ1n) is 5.30. The molecule has 17 heavy (non-hydrogen) atoms. The molecule has 1 aliphatic rings. The highest BCUT2D eigenvalue weighted by molar-refractivity contribution is 7.89. The molecule has 1 aromatic rings. The molecule has 92 valence electrons. The number of hydrogen-bond donors (Lipinski definition) is 1. The SMILES string of the molecule is Cc1noc(C)c1S(=O)(=O)NC(C#N)C1CC1. The summed E-state index contributed by atoms with van der Waals surface area (Å²) in [5.41, 5.74) is 0.308. The van der Waals surface area contributed by atoms with Crippen molar-refractivity contribution in [3.63, 3.8) is 0 Å². The predicted molar refractivity (Wildman–Crippen MR) is 58.4 cm³/mol. The molecule has 0 aliphatic heterocycles. The predicted octanol–water partition coefficient (Wildman–Crippen LogP) is 0.872. The molecule has 0 radical (unpaired) electrons. The highest BCUT2D eigenvalue weighted by Crippen LogP contribution is 2.33. The van der Waals surface area contributed by atoms with Crippen LogP contribution in [0, 0.1) is 31.1 Å². The van der Waals surface area contributed by atoms with Crippen LogP contribution in [0.4, 0.5) is 0 Å². The zero-order valence-electron chi connectivity index (χ0n) is 9.60. The van der Waals surface area contributed by atoms with Crippen molar-refractivity contribution in [2.45, 2.75) is 37.6 Å². The maximum absolute atomic E-state index is 12.1. The van der Waals surface area contributed by atoms with Crippen LogP contribution >= 0.6 is 0 Å². The van der Waals surface area contributed by atoms with Crippen LogP contribution in [0.25, 0.3) is 0 Å². The van der Waals surface area contributed by atoms with Crippen LogP contribution in [0.5, 0.6) is 0 Å². The van der Waals surface area contributed by atoms with Crippen LogP contribution in [0.2, 0.25) is 0 Å². The lowest BCUT2D eigenvalue weighted by molar-refractivity contribution is 0.390. The lowest BCUT2D eigenvalue weighted by Gasteiger charge is -2.10. The molecular formula is C10H13N3O3S. The summed E-state index contributed by atoms with van der Waals surface area (Å²) in [7, 11) is -3.72. The van der Waals surface area contributed by atoms with Gasteiger partial charge in [0.25, 0.3) is 0 Å². The van der Waals surface area contributed by atoms with Gasteiger partial charge >= 0.3 is 0 Å². The van der Waals surface area contributed by atoms with Crippen molar-refractivity contribution in [1.29, 1.82) is 5.26 Å². The molecule has 1 saturated carbocycles. The van der Waals surface area contributed by atoms with Crippen LogP contribution in [0.3, 0.4) is 0 Å². The number of aromatic nitrogens is 1. The number of aryl methyl sites for hydroxylation is 2. The molecule has 7 heteroatoms. The maximum Gasteiger partial charge on any atom is 0.247 e. The molecule has 2 rings (SSSR count). The monoisotopic (exact) mass is 255 g/mol. The van der Waals surface area contributed by atoms with E-state index >= 15 is 0 Å². The molecule has 1 N–H and O–H groups in total. The molecule has 0 amide bonds. The van der Waals surface area contributed by atoms with Gasteiger partial charge in [-0.2, -0.15) is 9.98 Å². The van der Waals surface area contributed by atoms with Gasteiger partial charge in [0.15, 0.2) is 5.76 Å². The van der Waals surface area contributed by atoms with Gasteiger partial charge in [0.1, 0.15) is 16.6 Å². The molecule has 0 spiro atoms. The van der Waals surface area contributed by atoms with E-state index in [9.17, 15) is 8.42 Å². The van der Waals surface area contributed by atoms with Crippen LogP contribution in [-0.4, -0.2) is 19.6 Å². The van der Waals surface area contributed by atoms with Crippen LogP contribution in [0.1, 0.15) is 24.3 Å². The fourth-order valence-electron chi connectivity index (χ4n) is 1.74. The Kier molecular flexibility index (Phi) is 2.93. The van der Waals surface area contributed by atoms with Crippen molar-refractivity contribution in [2.24, 2.45) is 5.92 Å². The molecule has 0 aromatic carbocycles. The molecule has 0 bridgehead atoms. The zero-order chi connectivity index (χ0) is 12.6. The summed E-state index contributed by atoms with van der Waals surface area (Å²) < 4.78 is 31.4. The minimum absolute atomic E-state index is 0.0402. The Morgan fingerprint density at radius 1 is 1.53 bits per heavy atom. The zero-order valence-corrected chi connectivity index (χ0v) is 10.4. The second-order valence-electron chi connectivity index (χ2n) is 4.22. The minimum Gasteiger partial charge on any atom is -0.360 e. The highest BCUT2D eigenvalue weighted by Gasteiger charge is 2.36. The quantitative estimate of drug-likeness (QED) is 0.861. The fraction of sp³-hybridized carbons (Fsp3) is 0.600. The van der Waals surface area contributed by atoms with Gasteiger partial charge in [-0.25, -0.2) is 8.42 Å². The van der Waals surface area contributed by atoms with Gasteiger partial charge < -0.3 is 4.52 Å². The second-order valence-corrected chi connectivity index (χ2v) is 5.87. The number of nitrogens with zero attached hydrogens (tertiary/aromatic N) is 2. The second kappa shape index (κ2) is 4.13. The summed E-state index contributed by atoms with van der Waals surface area (Å²) in [6.07, 6.45) is 1.78. The van der Waals surface area contributed by atoms with Gasteiger partial charge in [0.2, 0.25) is 10.0 Å². The molecule has 1 fully saturated rings. The number of nitriles is 1. The van der Waals surface area contributed by atoms with Gasteiger partial charge in [0.05, 0.1) is 6.07 Å². The third-order valence-electron chi connectivity index (χ3n) is 2.75. The molecule has 6 nitrogen and oxygen atoms in total. The van der Waals surface area contributed by atoms with Gasteiger partial charge in [-0.05, 0) is 32.6 Å². The molecular weight excluding hydrogens is 242 g/mol. The van der Waals surface area contributed by atoms with Crippen molar-refractivity contribution in [3.05, 3.63) is 11.5 Å². The van der Waals surface area contributed by atoms with Crippen molar-refractivity contribution in [2.75, 3.05) is 0 Å². The molecule has 1 heterocycles. The van der Waals surface area contributed by atoms with E-state index in [1.165, 1.54) is 6.92 Å². The summed E-state index contributed by atoms with van der Waals surface area (Å²) in [5, 5.41) is 12.5. The van der Waals surface area contributed by atoms with Crippen molar-refractivity contribution in [3.8, 4) is 6.07 Å².